The number of Topliss-reactive ketones (excluding diaryl/α,β-unsaturated/α-hetero) is 1. The smallest absolute Gasteiger partial charge is 0.295 e. The van der Waals surface area contributed by atoms with Crippen LogP contribution in [0.3, 0.4) is 0 Å². The van der Waals surface area contributed by atoms with Crippen LogP contribution < -0.4 is 9.47 Å². The number of phenolic OH excluding ortho intramolecular Hbond substituents is 1. The van der Waals surface area contributed by atoms with Gasteiger partial charge in [0.15, 0.2) is 11.5 Å². The minimum Gasteiger partial charge on any atom is -0.508 e. The van der Waals surface area contributed by atoms with Gasteiger partial charge in [0.25, 0.3) is 11.7 Å². The minimum atomic E-state index is -0.861. The lowest BCUT2D eigenvalue weighted by molar-refractivity contribution is -0.140. The Morgan fingerprint density at radius 1 is 1.13 bits per heavy atom. The number of aliphatic hydroxyl groups excluding tert-OH is 1. The third-order valence-corrected chi connectivity index (χ3v) is 5.08. The Morgan fingerprint density at radius 2 is 1.90 bits per heavy atom. The first-order valence-corrected chi connectivity index (χ1v) is 9.47. The highest BCUT2D eigenvalue weighted by Gasteiger charge is 2.46. The van der Waals surface area contributed by atoms with Gasteiger partial charge in [-0.1, -0.05) is 12.1 Å². The molecule has 156 valence electrons. The number of carbonyl (C=O) groups excluding carboxylic acids is 2. The summed E-state index contributed by atoms with van der Waals surface area (Å²) in [4.78, 5) is 26.9. The van der Waals surface area contributed by atoms with E-state index < -0.39 is 17.7 Å². The van der Waals surface area contributed by atoms with Gasteiger partial charge in [0.1, 0.15) is 24.7 Å². The number of carbonyl (C=O) groups is 2. The number of hydrogen-bond acceptors (Lipinski definition) is 7. The summed E-state index contributed by atoms with van der Waals surface area (Å²) in [7, 11) is 1.50. The number of amides is 1. The van der Waals surface area contributed by atoms with Crippen molar-refractivity contribution in [2.45, 2.75) is 6.04 Å². The number of likely N-dealkylation sites (tertiary alicyclic amines) is 1. The zero-order chi connectivity index (χ0) is 21.3. The SMILES string of the molecule is COCCN1C(=O)C(=O)C(=C(O)c2ccc3c(c2)OCCO3)C1c1cccc(O)c1. The molecule has 1 amide bonds. The third kappa shape index (κ3) is 3.46. The lowest BCUT2D eigenvalue weighted by Gasteiger charge is -2.25. The zero-order valence-corrected chi connectivity index (χ0v) is 16.3. The van der Waals surface area contributed by atoms with E-state index in [1.807, 2.05) is 0 Å². The lowest BCUT2D eigenvalue weighted by Crippen LogP contribution is -2.32. The monoisotopic (exact) mass is 411 g/mol. The largest absolute Gasteiger partial charge is 0.508 e. The molecule has 1 atom stereocenters. The van der Waals surface area contributed by atoms with E-state index in [1.54, 1.807) is 30.3 Å². The van der Waals surface area contributed by atoms with Crippen LogP contribution in [0, 0.1) is 0 Å². The number of ketones is 1. The van der Waals surface area contributed by atoms with Crippen molar-refractivity contribution in [1.82, 2.24) is 4.90 Å². The van der Waals surface area contributed by atoms with E-state index in [2.05, 4.69) is 0 Å². The van der Waals surface area contributed by atoms with Gasteiger partial charge < -0.3 is 29.3 Å². The molecule has 1 unspecified atom stereocenters. The van der Waals surface area contributed by atoms with E-state index in [1.165, 1.54) is 24.1 Å². The molecule has 0 spiro atoms. The fourth-order valence-electron chi connectivity index (χ4n) is 3.69. The van der Waals surface area contributed by atoms with E-state index >= 15 is 0 Å². The number of ether oxygens (including phenoxy) is 3. The van der Waals surface area contributed by atoms with E-state index in [0.29, 0.717) is 35.8 Å². The summed E-state index contributed by atoms with van der Waals surface area (Å²) in [6, 6.07) is 10.2. The summed E-state index contributed by atoms with van der Waals surface area (Å²) in [6.45, 7) is 1.17. The highest BCUT2D eigenvalue weighted by Crippen LogP contribution is 2.41. The van der Waals surface area contributed by atoms with Crippen molar-refractivity contribution in [2.75, 3.05) is 33.5 Å². The van der Waals surface area contributed by atoms with Gasteiger partial charge >= 0.3 is 0 Å². The van der Waals surface area contributed by atoms with Crippen molar-refractivity contribution >= 4 is 17.4 Å². The quantitative estimate of drug-likeness (QED) is 0.442. The average molecular weight is 411 g/mol. The molecule has 1 saturated heterocycles. The molecule has 1 fully saturated rings. The molecular weight excluding hydrogens is 390 g/mol. The number of benzene rings is 2. The molecule has 0 saturated carbocycles. The van der Waals surface area contributed by atoms with Gasteiger partial charge in [-0.2, -0.15) is 0 Å². The summed E-state index contributed by atoms with van der Waals surface area (Å²) in [5.74, 6) is -0.871. The first-order valence-electron chi connectivity index (χ1n) is 9.47. The number of fused-ring (bicyclic) bond motifs is 1. The van der Waals surface area contributed by atoms with Crippen molar-refractivity contribution in [2.24, 2.45) is 0 Å². The molecule has 2 aliphatic heterocycles. The molecule has 4 rings (SSSR count). The first-order chi connectivity index (χ1) is 14.5. The van der Waals surface area contributed by atoms with Crippen LogP contribution in [-0.4, -0.2) is 60.3 Å². The van der Waals surface area contributed by atoms with E-state index in [4.69, 9.17) is 14.2 Å². The summed E-state index contributed by atoms with van der Waals surface area (Å²) in [5.41, 5.74) is 0.775. The Kier molecular flexibility index (Phi) is 5.33. The van der Waals surface area contributed by atoms with Gasteiger partial charge in [-0.05, 0) is 35.9 Å². The van der Waals surface area contributed by atoms with Crippen molar-refractivity contribution in [3.05, 3.63) is 59.2 Å². The van der Waals surface area contributed by atoms with Crippen LogP contribution in [0.1, 0.15) is 17.2 Å². The van der Waals surface area contributed by atoms with Crippen molar-refractivity contribution in [1.29, 1.82) is 0 Å². The lowest BCUT2D eigenvalue weighted by atomic mass is 9.95. The predicted molar refractivity (Wildman–Crippen MR) is 106 cm³/mol. The highest BCUT2D eigenvalue weighted by molar-refractivity contribution is 6.46. The number of nitrogens with zero attached hydrogens (tertiary/aromatic N) is 1. The van der Waals surface area contributed by atoms with E-state index in [-0.39, 0.29) is 30.2 Å². The van der Waals surface area contributed by atoms with Gasteiger partial charge in [0.05, 0.1) is 18.2 Å². The van der Waals surface area contributed by atoms with Gasteiger partial charge in [-0.25, -0.2) is 0 Å². The van der Waals surface area contributed by atoms with Crippen molar-refractivity contribution in [3.63, 3.8) is 0 Å². The summed E-state index contributed by atoms with van der Waals surface area (Å²) >= 11 is 0. The van der Waals surface area contributed by atoms with E-state index in [0.717, 1.165) is 0 Å². The molecule has 8 heteroatoms. The topological polar surface area (TPSA) is 106 Å². The van der Waals surface area contributed by atoms with Crippen molar-refractivity contribution in [3.8, 4) is 17.2 Å². The minimum absolute atomic E-state index is 0.0100. The van der Waals surface area contributed by atoms with Gasteiger partial charge in [-0.3, -0.25) is 9.59 Å². The molecule has 30 heavy (non-hydrogen) atoms. The van der Waals surface area contributed by atoms with Gasteiger partial charge in [-0.15, -0.1) is 0 Å². The molecule has 2 aromatic carbocycles. The summed E-state index contributed by atoms with van der Waals surface area (Å²) in [5, 5.41) is 21.0. The second-order valence-electron chi connectivity index (χ2n) is 6.94. The Bertz CT molecular complexity index is 1030. The highest BCUT2D eigenvalue weighted by atomic mass is 16.6. The number of aromatic hydroxyl groups is 1. The Morgan fingerprint density at radius 3 is 2.63 bits per heavy atom. The van der Waals surface area contributed by atoms with Crippen LogP contribution >= 0.6 is 0 Å². The first kappa shape index (κ1) is 19.8. The second-order valence-corrected chi connectivity index (χ2v) is 6.94. The molecule has 2 N–H and O–H groups in total. The molecule has 0 radical (unpaired) electrons. The normalized spacial score (nSPS) is 19.9. The van der Waals surface area contributed by atoms with Crippen LogP contribution in [0.15, 0.2) is 48.0 Å². The van der Waals surface area contributed by atoms with Gasteiger partial charge in [0.2, 0.25) is 0 Å². The van der Waals surface area contributed by atoms with Crippen molar-refractivity contribution < 1.29 is 34.0 Å². The fourth-order valence-corrected chi connectivity index (χ4v) is 3.69. The maximum absolute atomic E-state index is 12.9. The molecule has 0 bridgehead atoms. The van der Waals surface area contributed by atoms with Crippen LogP contribution in [0.5, 0.6) is 17.2 Å². The summed E-state index contributed by atoms with van der Waals surface area (Å²) in [6.07, 6.45) is 0. The molecule has 8 nitrogen and oxygen atoms in total. The van der Waals surface area contributed by atoms with Crippen LogP contribution in [0.25, 0.3) is 5.76 Å². The standard InChI is InChI=1S/C22H21NO7/c1-28-8-7-23-19(13-3-2-4-15(24)11-13)18(21(26)22(23)27)20(25)14-5-6-16-17(12-14)30-10-9-29-16/h2-6,11-12,19,24-25H,7-10H2,1H3. The second kappa shape index (κ2) is 8.08. The molecule has 0 aliphatic carbocycles. The maximum Gasteiger partial charge on any atom is 0.295 e. The van der Waals surface area contributed by atoms with Crippen LogP contribution in [0.4, 0.5) is 0 Å². The molecule has 2 aromatic rings. The average Bonchev–Trinajstić information content (AvgIpc) is 3.01. The molecule has 0 aromatic heterocycles. The Hall–Kier alpha value is -3.52. The maximum atomic E-state index is 12.9. The zero-order valence-electron chi connectivity index (χ0n) is 16.3. The third-order valence-electron chi connectivity index (χ3n) is 5.08. The Labute approximate surface area is 172 Å². The predicted octanol–water partition coefficient (Wildman–Crippen LogP) is 2.23. The number of aliphatic hydroxyl groups is 1. The van der Waals surface area contributed by atoms with Gasteiger partial charge in [0, 0.05) is 19.2 Å². The summed E-state index contributed by atoms with van der Waals surface area (Å²) < 4.78 is 16.1. The molecule has 2 aliphatic rings. The number of hydrogen-bond donors (Lipinski definition) is 2. The molecular formula is C22H21NO7. The van der Waals surface area contributed by atoms with Crippen LogP contribution in [-0.2, 0) is 14.3 Å². The number of methoxy groups -OCH3 is 1. The molecule has 2 heterocycles. The number of phenols is 1. The fraction of sp³-hybridized carbons (Fsp3) is 0.273. The Balaban J connectivity index is 1.84. The number of rotatable bonds is 5. The van der Waals surface area contributed by atoms with E-state index in [9.17, 15) is 19.8 Å². The van der Waals surface area contributed by atoms with Crippen LogP contribution in [0.2, 0.25) is 0 Å².